The smallest absolute Gasteiger partial charge is 0.408 e. The Labute approximate surface area is 167 Å². The number of hydrogen-bond donors (Lipinski definition) is 2. The Morgan fingerprint density at radius 3 is 1.93 bits per heavy atom. The molecule has 0 bridgehead atoms. The van der Waals surface area contributed by atoms with Crippen LogP contribution in [0.2, 0.25) is 0 Å². The number of carbonyl (C=O) groups is 3. The topological polar surface area (TPSA) is 102 Å². The van der Waals surface area contributed by atoms with Crippen molar-refractivity contribution in [1.29, 1.82) is 0 Å². The van der Waals surface area contributed by atoms with E-state index in [9.17, 15) is 19.5 Å². The van der Waals surface area contributed by atoms with Gasteiger partial charge in [-0.15, -0.1) is 0 Å². The number of carboxylic acids is 1. The zero-order valence-electron chi connectivity index (χ0n) is 15.3. The predicted octanol–water partition coefficient (Wildman–Crippen LogP) is 3.83. The Morgan fingerprint density at radius 2 is 1.43 bits per heavy atom. The standard InChI is InChI=1S/C20H21NO6S/c1-20(17(22)23,21-18(24)26-12-15-8-4-2-5-9-15)14-28-19(25)27-13-16-10-6-3-7-11-16/h2-11H,12-14H2,1H3,(H,21,24)(H,22,23)/t20-/m0/s1. The van der Waals surface area contributed by atoms with Gasteiger partial charge in [-0.3, -0.25) is 0 Å². The number of carboxylic acid groups (broad SMARTS) is 1. The number of ether oxygens (including phenoxy) is 2. The maximum Gasteiger partial charge on any atom is 0.408 e. The largest absolute Gasteiger partial charge is 0.479 e. The molecule has 0 heterocycles. The van der Waals surface area contributed by atoms with E-state index in [0.717, 1.165) is 11.1 Å². The first-order chi connectivity index (χ1) is 13.4. The maximum atomic E-state index is 12.0. The van der Waals surface area contributed by atoms with Gasteiger partial charge in [0.05, 0.1) is 0 Å². The Hall–Kier alpha value is -3.00. The third kappa shape index (κ3) is 6.96. The zero-order chi connectivity index (χ0) is 20.4. The highest BCUT2D eigenvalue weighted by Gasteiger charge is 2.36. The van der Waals surface area contributed by atoms with Gasteiger partial charge in [0.15, 0.2) is 0 Å². The molecule has 0 aliphatic rings. The van der Waals surface area contributed by atoms with E-state index in [0.29, 0.717) is 11.8 Å². The summed E-state index contributed by atoms with van der Waals surface area (Å²) in [6.45, 7) is 1.40. The molecule has 8 heteroatoms. The number of hydrogen-bond acceptors (Lipinski definition) is 6. The Balaban J connectivity index is 1.81. The van der Waals surface area contributed by atoms with Crippen molar-refractivity contribution in [3.8, 4) is 0 Å². The van der Waals surface area contributed by atoms with Crippen LogP contribution in [0.25, 0.3) is 0 Å². The van der Waals surface area contributed by atoms with Crippen molar-refractivity contribution in [2.45, 2.75) is 25.7 Å². The van der Waals surface area contributed by atoms with Gasteiger partial charge in [-0.25, -0.2) is 14.4 Å². The minimum absolute atomic E-state index is 0.00856. The Morgan fingerprint density at radius 1 is 0.929 bits per heavy atom. The maximum absolute atomic E-state index is 12.0. The lowest BCUT2D eigenvalue weighted by molar-refractivity contribution is -0.142. The molecule has 148 valence electrons. The summed E-state index contributed by atoms with van der Waals surface area (Å²) in [7, 11) is 0. The molecule has 0 saturated carbocycles. The molecule has 0 radical (unpaired) electrons. The average molecular weight is 403 g/mol. The molecule has 2 aromatic carbocycles. The molecule has 2 aromatic rings. The summed E-state index contributed by atoms with van der Waals surface area (Å²) in [4.78, 5) is 35.4. The van der Waals surface area contributed by atoms with Crippen molar-refractivity contribution in [1.82, 2.24) is 5.32 Å². The molecule has 1 amide bonds. The molecule has 0 aliphatic carbocycles. The molecule has 7 nitrogen and oxygen atoms in total. The molecule has 0 unspecified atom stereocenters. The summed E-state index contributed by atoms with van der Waals surface area (Å²) >= 11 is 0.675. The van der Waals surface area contributed by atoms with E-state index in [1.54, 1.807) is 24.3 Å². The van der Waals surface area contributed by atoms with Gasteiger partial charge in [-0.2, -0.15) is 0 Å². The number of aliphatic carboxylic acids is 1. The molecule has 0 aliphatic heterocycles. The first-order valence-corrected chi connectivity index (χ1v) is 9.43. The van der Waals surface area contributed by atoms with E-state index in [-0.39, 0.29) is 19.0 Å². The number of benzene rings is 2. The fraction of sp³-hybridized carbons (Fsp3) is 0.250. The number of thioether (sulfide) groups is 1. The fourth-order valence-electron chi connectivity index (χ4n) is 2.10. The number of carbonyl (C=O) groups excluding carboxylic acids is 2. The van der Waals surface area contributed by atoms with Crippen LogP contribution in [0, 0.1) is 0 Å². The van der Waals surface area contributed by atoms with Gasteiger partial charge in [-0.05, 0) is 29.8 Å². The van der Waals surface area contributed by atoms with Gasteiger partial charge < -0.3 is 19.9 Å². The third-order valence-corrected chi connectivity index (χ3v) is 4.82. The molecule has 1 atom stereocenters. The summed E-state index contributed by atoms with van der Waals surface area (Å²) < 4.78 is 10.1. The van der Waals surface area contributed by atoms with Crippen LogP contribution < -0.4 is 5.32 Å². The predicted molar refractivity (Wildman–Crippen MR) is 105 cm³/mol. The van der Waals surface area contributed by atoms with Crippen LogP contribution in [0.15, 0.2) is 60.7 Å². The molecule has 0 fully saturated rings. The number of nitrogens with one attached hydrogen (secondary N) is 1. The average Bonchev–Trinajstić information content (AvgIpc) is 2.70. The third-order valence-electron chi connectivity index (χ3n) is 3.74. The monoisotopic (exact) mass is 403 g/mol. The molecular formula is C20H21NO6S. The second-order valence-corrected chi connectivity index (χ2v) is 7.05. The number of amides is 1. The van der Waals surface area contributed by atoms with Gasteiger partial charge in [0, 0.05) is 5.75 Å². The van der Waals surface area contributed by atoms with Gasteiger partial charge in [0.1, 0.15) is 18.8 Å². The highest BCUT2D eigenvalue weighted by Crippen LogP contribution is 2.17. The van der Waals surface area contributed by atoms with E-state index < -0.39 is 22.9 Å². The molecule has 0 saturated heterocycles. The number of alkyl carbamates (subject to hydrolysis) is 1. The summed E-state index contributed by atoms with van der Waals surface area (Å²) in [5.41, 5.74) is -0.0990. The van der Waals surface area contributed by atoms with E-state index in [4.69, 9.17) is 9.47 Å². The summed E-state index contributed by atoms with van der Waals surface area (Å²) in [5.74, 6) is -1.50. The van der Waals surface area contributed by atoms with Crippen LogP contribution >= 0.6 is 11.8 Å². The summed E-state index contributed by atoms with van der Waals surface area (Å²) in [6, 6.07) is 18.1. The van der Waals surface area contributed by atoms with E-state index in [2.05, 4.69) is 5.32 Å². The first-order valence-electron chi connectivity index (χ1n) is 8.45. The lowest BCUT2D eigenvalue weighted by atomic mass is 10.1. The minimum Gasteiger partial charge on any atom is -0.479 e. The van der Waals surface area contributed by atoms with Gasteiger partial charge in [0.25, 0.3) is 0 Å². The van der Waals surface area contributed by atoms with E-state index in [1.807, 2.05) is 36.4 Å². The molecule has 0 aromatic heterocycles. The van der Waals surface area contributed by atoms with Crippen LogP contribution in [0.3, 0.4) is 0 Å². The second kappa shape index (κ2) is 10.4. The lowest BCUT2D eigenvalue weighted by Crippen LogP contribution is -2.54. The van der Waals surface area contributed by atoms with Gasteiger partial charge >= 0.3 is 17.4 Å². The van der Waals surface area contributed by atoms with E-state index in [1.165, 1.54) is 6.92 Å². The van der Waals surface area contributed by atoms with Crippen LogP contribution in [0.5, 0.6) is 0 Å². The SMILES string of the molecule is C[C@@](CSC(=O)OCc1ccccc1)(NC(=O)OCc1ccccc1)C(=O)O. The van der Waals surface area contributed by atoms with Crippen LogP contribution in [0.1, 0.15) is 18.1 Å². The van der Waals surface area contributed by atoms with Gasteiger partial charge in [0.2, 0.25) is 0 Å². The molecule has 0 spiro atoms. The van der Waals surface area contributed by atoms with Crippen LogP contribution in [0.4, 0.5) is 9.59 Å². The Bertz CT molecular complexity index is 799. The molecule has 28 heavy (non-hydrogen) atoms. The van der Waals surface area contributed by atoms with Crippen molar-refractivity contribution < 1.29 is 29.0 Å². The summed E-state index contributed by atoms with van der Waals surface area (Å²) in [6.07, 6.45) is -0.882. The van der Waals surface area contributed by atoms with Crippen molar-refractivity contribution in [3.63, 3.8) is 0 Å². The summed E-state index contributed by atoms with van der Waals surface area (Å²) in [5, 5.41) is 11.1. The molecule has 2 rings (SSSR count). The quantitative estimate of drug-likeness (QED) is 0.646. The first kappa shape index (κ1) is 21.3. The lowest BCUT2D eigenvalue weighted by Gasteiger charge is -2.24. The fourth-order valence-corrected chi connectivity index (χ4v) is 2.84. The van der Waals surface area contributed by atoms with Crippen molar-refractivity contribution in [2.75, 3.05) is 5.75 Å². The highest BCUT2D eigenvalue weighted by atomic mass is 32.2. The normalized spacial score (nSPS) is 12.5. The van der Waals surface area contributed by atoms with Crippen molar-refractivity contribution in [3.05, 3.63) is 71.8 Å². The van der Waals surface area contributed by atoms with Crippen LogP contribution in [-0.4, -0.2) is 33.8 Å². The zero-order valence-corrected chi connectivity index (χ0v) is 16.1. The van der Waals surface area contributed by atoms with Crippen molar-refractivity contribution in [2.24, 2.45) is 0 Å². The van der Waals surface area contributed by atoms with Crippen LogP contribution in [-0.2, 0) is 27.5 Å². The highest BCUT2D eigenvalue weighted by molar-refractivity contribution is 8.13. The minimum atomic E-state index is -1.69. The van der Waals surface area contributed by atoms with Gasteiger partial charge in [-0.1, -0.05) is 60.7 Å². The molecule has 2 N–H and O–H groups in total. The number of rotatable bonds is 8. The second-order valence-electron chi connectivity index (χ2n) is 6.14. The Kier molecular flexibility index (Phi) is 7.88. The van der Waals surface area contributed by atoms with E-state index >= 15 is 0 Å². The van der Waals surface area contributed by atoms with Crippen molar-refractivity contribution >= 4 is 29.1 Å². The molecular weight excluding hydrogens is 382 g/mol.